The van der Waals surface area contributed by atoms with Crippen molar-refractivity contribution in [3.8, 4) is 0 Å². The number of nitrogens with two attached hydrogens (primary N) is 1. The number of hydrogen-bond acceptors (Lipinski definition) is 2. The van der Waals surface area contributed by atoms with Crippen molar-refractivity contribution >= 4 is 22.6 Å². The monoisotopic (exact) mass is 358 g/mol. The maximum Gasteiger partial charge on any atom is 0.0488 e. The van der Waals surface area contributed by atoms with Gasteiger partial charge in [-0.1, -0.05) is 38.3 Å². The molecule has 0 bridgehead atoms. The van der Waals surface area contributed by atoms with E-state index in [1.54, 1.807) is 0 Å². The van der Waals surface area contributed by atoms with Crippen molar-refractivity contribution < 1.29 is 0 Å². The molecule has 1 atom stereocenters. The molecule has 0 amide bonds. The van der Waals surface area contributed by atoms with Crippen LogP contribution in [0, 0.1) is 15.4 Å². The summed E-state index contributed by atoms with van der Waals surface area (Å²) in [4.78, 5) is 0. The molecule has 1 saturated carbocycles. The number of hydrogen-bond donors (Lipinski definition) is 2. The highest BCUT2D eigenvalue weighted by Gasteiger charge is 2.27. The van der Waals surface area contributed by atoms with Crippen LogP contribution in [0.15, 0.2) is 24.3 Å². The topological polar surface area (TPSA) is 38.0 Å². The molecule has 2 nitrogen and oxygen atoms in total. The molecule has 0 heterocycles. The van der Waals surface area contributed by atoms with Crippen LogP contribution in [0.3, 0.4) is 0 Å². The Balaban J connectivity index is 2.05. The molecule has 0 radical (unpaired) electrons. The molecule has 3 heteroatoms. The smallest absolute Gasteiger partial charge is 0.0488 e. The second-order valence-corrected chi connectivity index (χ2v) is 6.63. The fourth-order valence-electron chi connectivity index (χ4n) is 3.13. The van der Waals surface area contributed by atoms with Gasteiger partial charge in [-0.05, 0) is 65.0 Å². The van der Waals surface area contributed by atoms with Gasteiger partial charge in [0.2, 0.25) is 0 Å². The molecule has 100 valence electrons. The van der Waals surface area contributed by atoms with Crippen LogP contribution in [0.4, 0.5) is 0 Å². The van der Waals surface area contributed by atoms with Gasteiger partial charge in [0.25, 0.3) is 0 Å². The zero-order valence-corrected chi connectivity index (χ0v) is 13.2. The maximum absolute atomic E-state index is 5.80. The van der Waals surface area contributed by atoms with Gasteiger partial charge in [0, 0.05) is 9.61 Å². The van der Waals surface area contributed by atoms with E-state index < -0.39 is 0 Å². The molecule has 1 aromatic carbocycles. The van der Waals surface area contributed by atoms with Gasteiger partial charge < -0.3 is 0 Å². The van der Waals surface area contributed by atoms with Crippen LogP contribution in [0.5, 0.6) is 0 Å². The Morgan fingerprint density at radius 1 is 1.33 bits per heavy atom. The molecule has 0 aliphatic heterocycles. The van der Waals surface area contributed by atoms with Gasteiger partial charge in [-0.2, -0.15) is 0 Å². The van der Waals surface area contributed by atoms with Crippen LogP contribution in [0.1, 0.15) is 50.6 Å². The molecule has 1 unspecified atom stereocenters. The Bertz CT molecular complexity index is 373. The molecular formula is C15H23IN2. The largest absolute Gasteiger partial charge is 0.271 e. The minimum Gasteiger partial charge on any atom is -0.271 e. The van der Waals surface area contributed by atoms with Crippen molar-refractivity contribution in [3.63, 3.8) is 0 Å². The Labute approximate surface area is 124 Å². The maximum atomic E-state index is 5.80. The van der Waals surface area contributed by atoms with Gasteiger partial charge >= 0.3 is 0 Å². The third kappa shape index (κ3) is 3.45. The summed E-state index contributed by atoms with van der Waals surface area (Å²) in [5.74, 6) is 7.43. The third-order valence-electron chi connectivity index (χ3n) is 4.33. The van der Waals surface area contributed by atoms with Gasteiger partial charge in [0.05, 0.1) is 0 Å². The number of rotatable bonds is 4. The zero-order chi connectivity index (χ0) is 13.0. The van der Waals surface area contributed by atoms with E-state index in [-0.39, 0.29) is 0 Å². The standard InChI is InChI=1S/C15H23IN2/c1-2-11-6-8-12(9-7-11)15(18-17)13-4-3-5-14(16)10-13/h3-5,10-12,15,18H,2,6-9,17H2,1H3. The van der Waals surface area contributed by atoms with Crippen LogP contribution in [-0.2, 0) is 0 Å². The van der Waals surface area contributed by atoms with Gasteiger partial charge in [0.15, 0.2) is 0 Å². The lowest BCUT2D eigenvalue weighted by atomic mass is 9.76. The molecule has 0 saturated heterocycles. The molecule has 18 heavy (non-hydrogen) atoms. The second-order valence-electron chi connectivity index (χ2n) is 5.39. The van der Waals surface area contributed by atoms with Gasteiger partial charge in [-0.15, -0.1) is 0 Å². The minimum absolute atomic E-state index is 0.317. The summed E-state index contributed by atoms with van der Waals surface area (Å²) >= 11 is 2.37. The summed E-state index contributed by atoms with van der Waals surface area (Å²) in [6.45, 7) is 2.31. The van der Waals surface area contributed by atoms with Crippen LogP contribution in [0.25, 0.3) is 0 Å². The van der Waals surface area contributed by atoms with E-state index in [0.29, 0.717) is 12.0 Å². The molecule has 2 rings (SSSR count). The van der Waals surface area contributed by atoms with E-state index in [1.165, 1.54) is 41.2 Å². The lowest BCUT2D eigenvalue weighted by molar-refractivity contribution is 0.219. The molecule has 0 aromatic heterocycles. The fraction of sp³-hybridized carbons (Fsp3) is 0.600. The van der Waals surface area contributed by atoms with Gasteiger partial charge in [0.1, 0.15) is 0 Å². The quantitative estimate of drug-likeness (QED) is 0.485. The Morgan fingerprint density at radius 3 is 2.61 bits per heavy atom. The lowest BCUT2D eigenvalue weighted by Crippen LogP contribution is -2.35. The normalized spacial score (nSPS) is 25.9. The van der Waals surface area contributed by atoms with Crippen LogP contribution in [-0.4, -0.2) is 0 Å². The van der Waals surface area contributed by atoms with Crippen molar-refractivity contribution in [2.24, 2.45) is 17.7 Å². The number of halogens is 1. The van der Waals surface area contributed by atoms with E-state index in [4.69, 9.17) is 5.84 Å². The minimum atomic E-state index is 0.317. The zero-order valence-electron chi connectivity index (χ0n) is 11.0. The van der Waals surface area contributed by atoms with Crippen LogP contribution < -0.4 is 11.3 Å². The van der Waals surface area contributed by atoms with Crippen molar-refractivity contribution in [1.82, 2.24) is 5.43 Å². The van der Waals surface area contributed by atoms with Crippen LogP contribution >= 0.6 is 22.6 Å². The summed E-state index contributed by atoms with van der Waals surface area (Å²) in [5.41, 5.74) is 4.38. The summed E-state index contributed by atoms with van der Waals surface area (Å²) in [6, 6.07) is 9.01. The summed E-state index contributed by atoms with van der Waals surface area (Å²) in [6.07, 6.45) is 6.67. The van der Waals surface area contributed by atoms with E-state index >= 15 is 0 Å². The van der Waals surface area contributed by atoms with Gasteiger partial charge in [-0.3, -0.25) is 11.3 Å². The second kappa shape index (κ2) is 6.87. The Morgan fingerprint density at radius 2 is 2.06 bits per heavy atom. The molecule has 1 aliphatic rings. The third-order valence-corrected chi connectivity index (χ3v) is 5.00. The molecule has 1 fully saturated rings. The van der Waals surface area contributed by atoms with Gasteiger partial charge in [-0.25, -0.2) is 0 Å². The molecule has 0 spiro atoms. The summed E-state index contributed by atoms with van der Waals surface area (Å²) in [7, 11) is 0. The number of hydrazine groups is 1. The van der Waals surface area contributed by atoms with Crippen LogP contribution in [0.2, 0.25) is 0 Å². The van der Waals surface area contributed by atoms with E-state index in [2.05, 4.69) is 59.2 Å². The Hall–Kier alpha value is -0.130. The highest BCUT2D eigenvalue weighted by Crippen LogP contribution is 2.37. The van der Waals surface area contributed by atoms with Crippen molar-refractivity contribution in [2.75, 3.05) is 0 Å². The van der Waals surface area contributed by atoms with E-state index in [9.17, 15) is 0 Å². The highest BCUT2D eigenvalue weighted by atomic mass is 127. The summed E-state index contributed by atoms with van der Waals surface area (Å²) in [5, 5.41) is 0. The summed E-state index contributed by atoms with van der Waals surface area (Å²) < 4.78 is 1.28. The van der Waals surface area contributed by atoms with Crippen molar-refractivity contribution in [3.05, 3.63) is 33.4 Å². The first kappa shape index (κ1) is 14.3. The fourth-order valence-corrected chi connectivity index (χ4v) is 3.70. The first-order valence-corrected chi connectivity index (χ1v) is 8.04. The van der Waals surface area contributed by atoms with E-state index in [0.717, 1.165) is 5.92 Å². The van der Waals surface area contributed by atoms with E-state index in [1.807, 2.05) is 0 Å². The Kier molecular flexibility index (Phi) is 5.45. The highest BCUT2D eigenvalue weighted by molar-refractivity contribution is 14.1. The lowest BCUT2D eigenvalue weighted by Gasteiger charge is -2.33. The van der Waals surface area contributed by atoms with Crippen molar-refractivity contribution in [1.29, 1.82) is 0 Å². The number of benzene rings is 1. The predicted molar refractivity (Wildman–Crippen MR) is 85.0 cm³/mol. The van der Waals surface area contributed by atoms with Crippen molar-refractivity contribution in [2.45, 2.75) is 45.1 Å². The molecule has 1 aromatic rings. The molecular weight excluding hydrogens is 335 g/mol. The SMILES string of the molecule is CCC1CCC(C(NN)c2cccc(I)c2)CC1. The first-order valence-electron chi connectivity index (χ1n) is 6.96. The average Bonchev–Trinajstić information content (AvgIpc) is 2.40. The molecule has 3 N–H and O–H groups in total. The average molecular weight is 358 g/mol. The molecule has 1 aliphatic carbocycles. The first-order chi connectivity index (χ1) is 8.74. The number of nitrogens with one attached hydrogen (secondary N) is 1. The predicted octanol–water partition coefficient (Wildman–Crippen LogP) is 4.01.